The molecule has 1 saturated carbocycles. The van der Waals surface area contributed by atoms with E-state index in [2.05, 4.69) is 16.0 Å². The van der Waals surface area contributed by atoms with E-state index in [9.17, 15) is 0 Å². The first-order chi connectivity index (χ1) is 8.33. The molecule has 2 nitrogen and oxygen atoms in total. The molecule has 0 bridgehead atoms. The molecule has 92 valence electrons. The molecular formula is C14H19ClN2. The van der Waals surface area contributed by atoms with Crippen molar-refractivity contribution >= 4 is 11.6 Å². The Kier molecular flexibility index (Phi) is 3.34. The zero-order chi connectivity index (χ0) is 11.7. The second kappa shape index (κ2) is 4.95. The molecule has 1 aromatic heterocycles. The van der Waals surface area contributed by atoms with E-state index in [1.165, 1.54) is 44.2 Å². The molecule has 2 aliphatic rings. The van der Waals surface area contributed by atoms with Gasteiger partial charge in [0.2, 0.25) is 0 Å². The summed E-state index contributed by atoms with van der Waals surface area (Å²) in [7, 11) is 0. The first kappa shape index (κ1) is 11.5. The largest absolute Gasteiger partial charge is 0.296 e. The molecule has 3 heteroatoms. The van der Waals surface area contributed by atoms with Crippen molar-refractivity contribution in [3.63, 3.8) is 0 Å². The number of likely N-dealkylation sites (tertiary alicyclic amines) is 1. The lowest BCUT2D eigenvalue weighted by molar-refractivity contribution is 0.126. The molecule has 1 atom stereocenters. The molecule has 1 aliphatic carbocycles. The van der Waals surface area contributed by atoms with Gasteiger partial charge in [-0.15, -0.1) is 0 Å². The third-order valence-corrected chi connectivity index (χ3v) is 4.51. The molecule has 0 amide bonds. The molecule has 1 aromatic rings. The summed E-state index contributed by atoms with van der Waals surface area (Å²) in [4.78, 5) is 6.81. The quantitative estimate of drug-likeness (QED) is 0.764. The molecule has 3 rings (SSSR count). The molecule has 2 fully saturated rings. The lowest BCUT2D eigenvalue weighted by Gasteiger charge is -2.37. The Bertz CT molecular complexity index is 372. The van der Waals surface area contributed by atoms with Crippen LogP contribution in [0, 0.1) is 5.92 Å². The van der Waals surface area contributed by atoms with Gasteiger partial charge in [-0.2, -0.15) is 0 Å². The van der Waals surface area contributed by atoms with Gasteiger partial charge in [0, 0.05) is 18.8 Å². The minimum absolute atomic E-state index is 0.589. The van der Waals surface area contributed by atoms with Crippen molar-refractivity contribution in [3.05, 3.63) is 29.0 Å². The third kappa shape index (κ3) is 2.48. The zero-order valence-corrected chi connectivity index (χ0v) is 10.9. The summed E-state index contributed by atoms with van der Waals surface area (Å²) in [6.45, 7) is 2.30. The van der Waals surface area contributed by atoms with E-state index in [0.29, 0.717) is 5.15 Å². The van der Waals surface area contributed by atoms with Crippen LogP contribution in [-0.2, 0) is 6.54 Å². The van der Waals surface area contributed by atoms with E-state index >= 15 is 0 Å². The van der Waals surface area contributed by atoms with Crippen LogP contribution in [0.5, 0.6) is 0 Å². The van der Waals surface area contributed by atoms with Crippen molar-refractivity contribution in [3.8, 4) is 0 Å². The molecule has 0 spiro atoms. The highest BCUT2D eigenvalue weighted by molar-refractivity contribution is 6.29. The predicted octanol–water partition coefficient (Wildman–Crippen LogP) is 3.50. The average Bonchev–Trinajstić information content (AvgIpc) is 2.68. The number of aromatic nitrogens is 1. The Morgan fingerprint density at radius 3 is 2.76 bits per heavy atom. The molecule has 0 radical (unpaired) electrons. The summed E-state index contributed by atoms with van der Waals surface area (Å²) in [5, 5.41) is 0.589. The van der Waals surface area contributed by atoms with Crippen molar-refractivity contribution < 1.29 is 0 Å². The predicted molar refractivity (Wildman–Crippen MR) is 70.0 cm³/mol. The Labute approximate surface area is 108 Å². The third-order valence-electron chi connectivity index (χ3n) is 4.28. The van der Waals surface area contributed by atoms with Crippen LogP contribution >= 0.6 is 11.6 Å². The van der Waals surface area contributed by atoms with E-state index in [1.54, 1.807) is 0 Å². The van der Waals surface area contributed by atoms with Gasteiger partial charge >= 0.3 is 0 Å². The van der Waals surface area contributed by atoms with Crippen LogP contribution in [0.4, 0.5) is 0 Å². The lowest BCUT2D eigenvalue weighted by atomic mass is 9.79. The molecule has 2 heterocycles. The summed E-state index contributed by atoms with van der Waals surface area (Å²) in [6.07, 6.45) is 9.00. The van der Waals surface area contributed by atoms with E-state index in [1.807, 2.05) is 12.3 Å². The highest BCUT2D eigenvalue weighted by atomic mass is 35.5. The maximum atomic E-state index is 5.81. The summed E-state index contributed by atoms with van der Waals surface area (Å²) in [5.41, 5.74) is 1.29. The van der Waals surface area contributed by atoms with Crippen LogP contribution < -0.4 is 0 Å². The molecule has 1 saturated heterocycles. The molecule has 17 heavy (non-hydrogen) atoms. The number of rotatable bonds is 3. The number of halogens is 1. The Morgan fingerprint density at radius 1 is 1.24 bits per heavy atom. The monoisotopic (exact) mass is 250 g/mol. The number of nitrogens with zero attached hydrogens (tertiary/aromatic N) is 2. The van der Waals surface area contributed by atoms with Crippen LogP contribution in [-0.4, -0.2) is 22.5 Å². The second-order valence-electron chi connectivity index (χ2n) is 5.36. The van der Waals surface area contributed by atoms with E-state index in [0.717, 1.165) is 18.5 Å². The molecule has 1 aliphatic heterocycles. The average molecular weight is 251 g/mol. The van der Waals surface area contributed by atoms with Gasteiger partial charge in [-0.3, -0.25) is 4.90 Å². The van der Waals surface area contributed by atoms with Crippen LogP contribution in [0.2, 0.25) is 5.15 Å². The highest BCUT2D eigenvalue weighted by Gasteiger charge is 2.34. The Balaban J connectivity index is 1.65. The first-order valence-corrected chi connectivity index (χ1v) is 7.05. The fourth-order valence-corrected chi connectivity index (χ4v) is 3.25. The number of pyridine rings is 1. The van der Waals surface area contributed by atoms with Crippen molar-refractivity contribution in [2.24, 2.45) is 5.92 Å². The van der Waals surface area contributed by atoms with Gasteiger partial charge in [-0.25, -0.2) is 4.98 Å². The number of hydrogen-bond acceptors (Lipinski definition) is 2. The van der Waals surface area contributed by atoms with Crippen LogP contribution in [0.3, 0.4) is 0 Å². The van der Waals surface area contributed by atoms with E-state index < -0.39 is 0 Å². The maximum absolute atomic E-state index is 5.81. The summed E-state index contributed by atoms with van der Waals surface area (Å²) >= 11 is 5.81. The Hall–Kier alpha value is -0.600. The minimum atomic E-state index is 0.589. The highest BCUT2D eigenvalue weighted by Crippen LogP contribution is 2.37. The summed E-state index contributed by atoms with van der Waals surface area (Å²) in [5.74, 6) is 0.970. The standard InChI is InChI=1S/C14H19ClN2/c15-14-7-6-11(9-16-14)10-17-8-2-5-13(17)12-3-1-4-12/h6-7,9,12-13H,1-5,8,10H2. The fraction of sp³-hybridized carbons (Fsp3) is 0.643. The SMILES string of the molecule is Clc1ccc(CN2CCCC2C2CCC2)cn1. The van der Waals surface area contributed by atoms with Crippen LogP contribution in [0.15, 0.2) is 18.3 Å². The van der Waals surface area contributed by atoms with Crippen molar-refractivity contribution in [1.29, 1.82) is 0 Å². The molecule has 0 N–H and O–H groups in total. The van der Waals surface area contributed by atoms with E-state index in [-0.39, 0.29) is 0 Å². The van der Waals surface area contributed by atoms with Gasteiger partial charge < -0.3 is 0 Å². The van der Waals surface area contributed by atoms with Gasteiger partial charge in [-0.1, -0.05) is 24.1 Å². The Morgan fingerprint density at radius 2 is 2.12 bits per heavy atom. The second-order valence-corrected chi connectivity index (χ2v) is 5.75. The minimum Gasteiger partial charge on any atom is -0.296 e. The normalized spacial score (nSPS) is 26.1. The van der Waals surface area contributed by atoms with Gasteiger partial charge in [0.05, 0.1) is 0 Å². The van der Waals surface area contributed by atoms with Crippen LogP contribution in [0.1, 0.15) is 37.7 Å². The van der Waals surface area contributed by atoms with Gasteiger partial charge in [-0.05, 0) is 49.8 Å². The van der Waals surface area contributed by atoms with Gasteiger partial charge in [0.15, 0.2) is 0 Å². The summed E-state index contributed by atoms with van der Waals surface area (Å²) < 4.78 is 0. The molecule has 1 unspecified atom stereocenters. The van der Waals surface area contributed by atoms with Crippen molar-refractivity contribution in [2.45, 2.75) is 44.7 Å². The van der Waals surface area contributed by atoms with E-state index in [4.69, 9.17) is 11.6 Å². The smallest absolute Gasteiger partial charge is 0.129 e. The zero-order valence-electron chi connectivity index (χ0n) is 10.1. The van der Waals surface area contributed by atoms with Gasteiger partial charge in [0.1, 0.15) is 5.15 Å². The number of hydrogen-bond donors (Lipinski definition) is 0. The van der Waals surface area contributed by atoms with Crippen molar-refractivity contribution in [1.82, 2.24) is 9.88 Å². The van der Waals surface area contributed by atoms with Crippen LogP contribution in [0.25, 0.3) is 0 Å². The summed E-state index contributed by atoms with van der Waals surface area (Å²) in [6, 6.07) is 4.83. The molecule has 0 aromatic carbocycles. The van der Waals surface area contributed by atoms with Gasteiger partial charge in [0.25, 0.3) is 0 Å². The molecular weight excluding hydrogens is 232 g/mol. The fourth-order valence-electron chi connectivity index (χ4n) is 3.14. The topological polar surface area (TPSA) is 16.1 Å². The lowest BCUT2D eigenvalue weighted by Crippen LogP contribution is -2.38. The van der Waals surface area contributed by atoms with Crippen molar-refractivity contribution in [2.75, 3.05) is 6.54 Å². The first-order valence-electron chi connectivity index (χ1n) is 6.67. The maximum Gasteiger partial charge on any atom is 0.129 e.